The molecule has 2 aromatic rings. The van der Waals surface area contributed by atoms with Crippen molar-refractivity contribution >= 4 is 11.7 Å². The number of hydrogen-bond donors (Lipinski definition) is 1. The molecule has 110 valence electrons. The number of anilines is 1. The molecule has 0 amide bonds. The Morgan fingerprint density at radius 1 is 1.05 bits per heavy atom. The van der Waals surface area contributed by atoms with Gasteiger partial charge in [-0.25, -0.2) is 4.79 Å². The van der Waals surface area contributed by atoms with Crippen LogP contribution in [0.4, 0.5) is 5.69 Å². The Labute approximate surface area is 123 Å². The molecule has 0 unspecified atom stereocenters. The van der Waals surface area contributed by atoms with E-state index in [0.717, 1.165) is 5.75 Å². The molecule has 5 nitrogen and oxygen atoms in total. The molecule has 0 aliphatic rings. The highest BCUT2D eigenvalue weighted by Gasteiger charge is 2.13. The smallest absolute Gasteiger partial charge is 0.341 e. The summed E-state index contributed by atoms with van der Waals surface area (Å²) in [5.41, 5.74) is 6.44. The molecule has 21 heavy (non-hydrogen) atoms. The van der Waals surface area contributed by atoms with Gasteiger partial charge in [-0.15, -0.1) is 0 Å². The summed E-state index contributed by atoms with van der Waals surface area (Å²) in [5.74, 6) is 0.709. The average Bonchev–Trinajstić information content (AvgIpc) is 2.53. The van der Waals surface area contributed by atoms with E-state index in [4.69, 9.17) is 19.9 Å². The molecule has 0 atom stereocenters. The predicted octanol–water partition coefficient (Wildman–Crippen LogP) is 2.51. The van der Waals surface area contributed by atoms with Crippen LogP contribution in [-0.2, 0) is 4.74 Å². The van der Waals surface area contributed by atoms with Gasteiger partial charge in [-0.3, -0.25) is 0 Å². The zero-order valence-electron chi connectivity index (χ0n) is 11.7. The maximum absolute atomic E-state index is 11.7. The van der Waals surface area contributed by atoms with Crippen LogP contribution in [-0.4, -0.2) is 26.3 Å². The van der Waals surface area contributed by atoms with Gasteiger partial charge in [0.2, 0.25) is 0 Å². The number of ether oxygens (including phenoxy) is 3. The lowest BCUT2D eigenvalue weighted by Gasteiger charge is -2.11. The Kier molecular flexibility index (Phi) is 5.04. The Bertz CT molecular complexity index is 598. The monoisotopic (exact) mass is 287 g/mol. The lowest BCUT2D eigenvalue weighted by molar-refractivity contribution is 0.0595. The number of hydrogen-bond acceptors (Lipinski definition) is 5. The quantitative estimate of drug-likeness (QED) is 0.502. The number of benzene rings is 2. The molecule has 0 radical (unpaired) electrons. The van der Waals surface area contributed by atoms with Gasteiger partial charge in [0.25, 0.3) is 0 Å². The summed E-state index contributed by atoms with van der Waals surface area (Å²) in [7, 11) is 1.31. The van der Waals surface area contributed by atoms with Crippen LogP contribution in [0.25, 0.3) is 0 Å². The van der Waals surface area contributed by atoms with Crippen LogP contribution >= 0.6 is 0 Å². The van der Waals surface area contributed by atoms with Crippen LogP contribution in [0.5, 0.6) is 11.5 Å². The summed E-state index contributed by atoms with van der Waals surface area (Å²) in [6.45, 7) is 0.678. The highest BCUT2D eigenvalue weighted by Crippen LogP contribution is 2.22. The van der Waals surface area contributed by atoms with E-state index in [0.29, 0.717) is 30.2 Å². The second-order valence-corrected chi connectivity index (χ2v) is 4.26. The minimum Gasteiger partial charge on any atom is -0.490 e. The number of methoxy groups -OCH3 is 1. The maximum atomic E-state index is 11.7. The molecule has 5 heteroatoms. The first-order valence-corrected chi connectivity index (χ1v) is 6.49. The van der Waals surface area contributed by atoms with Gasteiger partial charge in [0, 0.05) is 5.69 Å². The molecule has 0 aliphatic carbocycles. The van der Waals surface area contributed by atoms with Crippen molar-refractivity contribution in [2.75, 3.05) is 26.1 Å². The van der Waals surface area contributed by atoms with Gasteiger partial charge in [0.1, 0.15) is 30.3 Å². The number of carbonyl (C=O) groups excluding carboxylic acids is 1. The minimum atomic E-state index is -0.485. The molecule has 2 aromatic carbocycles. The Balaban J connectivity index is 1.92. The lowest BCUT2D eigenvalue weighted by Crippen LogP contribution is -2.12. The third kappa shape index (κ3) is 4.14. The van der Waals surface area contributed by atoms with Gasteiger partial charge in [-0.05, 0) is 30.3 Å². The molecule has 2 N–H and O–H groups in total. The molecule has 0 fully saturated rings. The molecular formula is C16H17NO4. The molecule has 0 spiro atoms. The van der Waals surface area contributed by atoms with E-state index in [1.165, 1.54) is 13.2 Å². The zero-order valence-corrected chi connectivity index (χ0v) is 11.7. The number of nitrogens with two attached hydrogens (primary N) is 1. The van der Waals surface area contributed by atoms with Gasteiger partial charge in [-0.2, -0.15) is 0 Å². The van der Waals surface area contributed by atoms with Crippen molar-refractivity contribution in [3.05, 3.63) is 54.1 Å². The second kappa shape index (κ2) is 7.19. The van der Waals surface area contributed by atoms with E-state index in [9.17, 15) is 4.79 Å². The molecular weight excluding hydrogens is 270 g/mol. The van der Waals surface area contributed by atoms with Crippen molar-refractivity contribution in [2.24, 2.45) is 0 Å². The van der Waals surface area contributed by atoms with E-state index < -0.39 is 5.97 Å². The highest BCUT2D eigenvalue weighted by molar-refractivity contribution is 5.93. The third-order valence-electron chi connectivity index (χ3n) is 2.76. The van der Waals surface area contributed by atoms with E-state index in [1.54, 1.807) is 12.1 Å². The molecule has 0 saturated heterocycles. The van der Waals surface area contributed by atoms with E-state index in [-0.39, 0.29) is 0 Å². The Hall–Kier alpha value is -2.69. The van der Waals surface area contributed by atoms with Gasteiger partial charge in [-0.1, -0.05) is 18.2 Å². The molecule has 0 aromatic heterocycles. The third-order valence-corrected chi connectivity index (χ3v) is 2.76. The molecule has 2 rings (SSSR count). The summed E-state index contributed by atoms with van der Waals surface area (Å²) in [6, 6.07) is 14.3. The average molecular weight is 287 g/mol. The highest BCUT2D eigenvalue weighted by atomic mass is 16.5. The first kappa shape index (κ1) is 14.7. The number of carbonyl (C=O) groups is 1. The number of para-hydroxylation sites is 1. The van der Waals surface area contributed by atoms with Crippen molar-refractivity contribution in [1.29, 1.82) is 0 Å². The lowest BCUT2D eigenvalue weighted by atomic mass is 10.2. The van der Waals surface area contributed by atoms with Crippen LogP contribution in [0.3, 0.4) is 0 Å². The molecule has 0 bridgehead atoms. The molecule has 0 aliphatic heterocycles. The van der Waals surface area contributed by atoms with Gasteiger partial charge >= 0.3 is 5.97 Å². The van der Waals surface area contributed by atoms with Crippen molar-refractivity contribution in [3.8, 4) is 11.5 Å². The van der Waals surface area contributed by atoms with Crippen LogP contribution in [0.2, 0.25) is 0 Å². The number of nitrogen functional groups attached to an aromatic ring is 1. The zero-order chi connectivity index (χ0) is 15.1. The SMILES string of the molecule is COC(=O)c1cc(N)ccc1OCCOc1ccccc1. The minimum absolute atomic E-state index is 0.303. The van der Waals surface area contributed by atoms with Crippen LogP contribution in [0.1, 0.15) is 10.4 Å². The summed E-state index contributed by atoms with van der Waals surface area (Å²) in [5, 5.41) is 0. The van der Waals surface area contributed by atoms with Gasteiger partial charge in [0.05, 0.1) is 7.11 Å². The Morgan fingerprint density at radius 2 is 1.76 bits per heavy atom. The summed E-state index contributed by atoms with van der Waals surface area (Å²) in [4.78, 5) is 11.7. The van der Waals surface area contributed by atoms with Crippen molar-refractivity contribution in [1.82, 2.24) is 0 Å². The maximum Gasteiger partial charge on any atom is 0.341 e. The van der Waals surface area contributed by atoms with E-state index >= 15 is 0 Å². The first-order chi connectivity index (χ1) is 10.2. The van der Waals surface area contributed by atoms with E-state index in [1.807, 2.05) is 30.3 Å². The van der Waals surface area contributed by atoms with Crippen molar-refractivity contribution < 1.29 is 19.0 Å². The fourth-order valence-corrected chi connectivity index (χ4v) is 1.77. The summed E-state index contributed by atoms with van der Waals surface area (Å²) < 4.78 is 15.8. The molecule has 0 heterocycles. The Morgan fingerprint density at radius 3 is 2.48 bits per heavy atom. The summed E-state index contributed by atoms with van der Waals surface area (Å²) >= 11 is 0. The fourth-order valence-electron chi connectivity index (χ4n) is 1.77. The van der Waals surface area contributed by atoms with Crippen LogP contribution in [0.15, 0.2) is 48.5 Å². The van der Waals surface area contributed by atoms with Crippen molar-refractivity contribution in [2.45, 2.75) is 0 Å². The standard InChI is InChI=1S/C16H17NO4/c1-19-16(18)14-11-12(17)7-8-15(14)21-10-9-20-13-5-3-2-4-6-13/h2-8,11H,9-10,17H2,1H3. The van der Waals surface area contributed by atoms with Crippen molar-refractivity contribution in [3.63, 3.8) is 0 Å². The molecule has 0 saturated carbocycles. The van der Waals surface area contributed by atoms with Crippen LogP contribution < -0.4 is 15.2 Å². The van der Waals surface area contributed by atoms with Gasteiger partial charge < -0.3 is 19.9 Å². The second-order valence-electron chi connectivity index (χ2n) is 4.26. The largest absolute Gasteiger partial charge is 0.490 e. The first-order valence-electron chi connectivity index (χ1n) is 6.49. The number of esters is 1. The van der Waals surface area contributed by atoms with E-state index in [2.05, 4.69) is 0 Å². The number of rotatable bonds is 6. The van der Waals surface area contributed by atoms with Crippen LogP contribution in [0, 0.1) is 0 Å². The normalized spacial score (nSPS) is 9.95. The summed E-state index contributed by atoms with van der Waals surface area (Å²) in [6.07, 6.45) is 0. The fraction of sp³-hybridized carbons (Fsp3) is 0.188. The van der Waals surface area contributed by atoms with Gasteiger partial charge in [0.15, 0.2) is 0 Å². The topological polar surface area (TPSA) is 70.8 Å². The predicted molar refractivity (Wildman–Crippen MR) is 79.6 cm³/mol.